The summed E-state index contributed by atoms with van der Waals surface area (Å²) in [6.07, 6.45) is 1.52. The fourth-order valence-electron chi connectivity index (χ4n) is 2.31. The minimum Gasteiger partial charge on any atom is -0.470 e. The van der Waals surface area contributed by atoms with Crippen LogP contribution < -0.4 is 5.73 Å². The third kappa shape index (κ3) is 4.90. The van der Waals surface area contributed by atoms with Crippen LogP contribution in [-0.2, 0) is 9.47 Å². The summed E-state index contributed by atoms with van der Waals surface area (Å²) >= 11 is 5.29. The molecule has 0 saturated carbocycles. The fraction of sp³-hybridized carbons (Fsp3) is 0.467. The van der Waals surface area contributed by atoms with Crippen molar-refractivity contribution in [2.24, 2.45) is 5.73 Å². The lowest BCUT2D eigenvalue weighted by Gasteiger charge is -2.22. The van der Waals surface area contributed by atoms with Gasteiger partial charge < -0.3 is 20.1 Å². The molecule has 2 rings (SSSR count). The molecule has 1 amide bonds. The van der Waals surface area contributed by atoms with Gasteiger partial charge >= 0.3 is 6.09 Å². The molecular formula is C15H20N2O3S. The molecule has 0 radical (unpaired) electrons. The van der Waals surface area contributed by atoms with E-state index >= 15 is 0 Å². The lowest BCUT2D eigenvalue weighted by atomic mass is 10.0. The van der Waals surface area contributed by atoms with Crippen molar-refractivity contribution in [1.82, 2.24) is 4.90 Å². The zero-order valence-corrected chi connectivity index (χ0v) is 12.7. The standard InChI is InChI=1S/C15H20N2O3S/c16-14(18)19-10-13(12-6-2-1-3-7-12)11-20-15(21)17-8-4-5-9-17/h1-3,6-7,13H,4-5,8-11H2,(H2,16,18). The molecule has 1 unspecified atom stereocenters. The van der Waals surface area contributed by atoms with E-state index in [0.717, 1.165) is 31.5 Å². The van der Waals surface area contributed by atoms with Gasteiger partial charge in [-0.05, 0) is 30.6 Å². The Balaban J connectivity index is 1.92. The number of carbonyl (C=O) groups excluding carboxylic acids is 1. The summed E-state index contributed by atoms with van der Waals surface area (Å²) in [7, 11) is 0. The molecule has 0 bridgehead atoms. The van der Waals surface area contributed by atoms with Gasteiger partial charge in [0.05, 0.1) is 5.92 Å². The Kier molecular flexibility index (Phi) is 5.80. The van der Waals surface area contributed by atoms with Gasteiger partial charge in [0.25, 0.3) is 5.17 Å². The Morgan fingerprint density at radius 3 is 2.43 bits per heavy atom. The maximum absolute atomic E-state index is 10.8. The van der Waals surface area contributed by atoms with Crippen LogP contribution >= 0.6 is 12.2 Å². The molecule has 2 N–H and O–H groups in total. The van der Waals surface area contributed by atoms with E-state index in [1.807, 2.05) is 30.3 Å². The van der Waals surface area contributed by atoms with Gasteiger partial charge in [0.2, 0.25) is 0 Å². The Morgan fingerprint density at radius 1 is 1.19 bits per heavy atom. The summed E-state index contributed by atoms with van der Waals surface area (Å²) < 4.78 is 10.6. The van der Waals surface area contributed by atoms with E-state index in [4.69, 9.17) is 27.4 Å². The molecule has 5 nitrogen and oxygen atoms in total. The van der Waals surface area contributed by atoms with E-state index in [2.05, 4.69) is 4.90 Å². The smallest absolute Gasteiger partial charge is 0.404 e. The lowest BCUT2D eigenvalue weighted by Crippen LogP contribution is -2.30. The second-order valence-electron chi connectivity index (χ2n) is 5.01. The largest absolute Gasteiger partial charge is 0.470 e. The van der Waals surface area contributed by atoms with Crippen LogP contribution in [0.15, 0.2) is 30.3 Å². The summed E-state index contributed by atoms with van der Waals surface area (Å²) in [5.41, 5.74) is 6.07. The maximum atomic E-state index is 10.8. The van der Waals surface area contributed by atoms with Gasteiger partial charge in [-0.25, -0.2) is 4.79 Å². The normalized spacial score (nSPS) is 15.5. The van der Waals surface area contributed by atoms with E-state index in [-0.39, 0.29) is 12.5 Å². The van der Waals surface area contributed by atoms with Crippen molar-refractivity contribution in [3.63, 3.8) is 0 Å². The number of nitrogens with two attached hydrogens (primary N) is 1. The monoisotopic (exact) mass is 308 g/mol. The fourth-order valence-corrected chi connectivity index (χ4v) is 2.56. The lowest BCUT2D eigenvalue weighted by molar-refractivity contribution is 0.132. The van der Waals surface area contributed by atoms with Gasteiger partial charge in [-0.15, -0.1) is 0 Å². The van der Waals surface area contributed by atoms with Gasteiger partial charge in [-0.3, -0.25) is 0 Å². The van der Waals surface area contributed by atoms with Crippen LogP contribution in [0.5, 0.6) is 0 Å². The van der Waals surface area contributed by atoms with Crippen molar-refractivity contribution in [1.29, 1.82) is 0 Å². The molecule has 1 aromatic carbocycles. The van der Waals surface area contributed by atoms with Crippen LogP contribution in [0.25, 0.3) is 0 Å². The molecule has 1 saturated heterocycles. The van der Waals surface area contributed by atoms with E-state index in [9.17, 15) is 4.79 Å². The molecule has 1 aliphatic rings. The van der Waals surface area contributed by atoms with Crippen LogP contribution in [0.4, 0.5) is 4.79 Å². The number of primary amides is 1. The first-order chi connectivity index (χ1) is 10.2. The maximum Gasteiger partial charge on any atom is 0.404 e. The molecule has 0 aliphatic carbocycles. The number of thiocarbonyl (C=S) groups is 1. The number of likely N-dealkylation sites (tertiary alicyclic amines) is 1. The molecule has 0 spiro atoms. The summed E-state index contributed by atoms with van der Waals surface area (Å²) in [4.78, 5) is 12.9. The predicted octanol–water partition coefficient (Wildman–Crippen LogP) is 2.26. The topological polar surface area (TPSA) is 64.8 Å². The predicted molar refractivity (Wildman–Crippen MR) is 84.1 cm³/mol. The first-order valence-corrected chi connectivity index (χ1v) is 7.46. The van der Waals surface area contributed by atoms with Gasteiger partial charge in [-0.1, -0.05) is 30.3 Å². The number of ether oxygens (including phenoxy) is 2. The van der Waals surface area contributed by atoms with Crippen molar-refractivity contribution in [3.05, 3.63) is 35.9 Å². The summed E-state index contributed by atoms with van der Waals surface area (Å²) in [6.45, 7) is 2.45. The minimum absolute atomic E-state index is 0.0840. The van der Waals surface area contributed by atoms with Gasteiger partial charge in [0.15, 0.2) is 0 Å². The van der Waals surface area contributed by atoms with Crippen LogP contribution in [0, 0.1) is 0 Å². The first-order valence-electron chi connectivity index (χ1n) is 7.05. The number of hydrogen-bond acceptors (Lipinski definition) is 4. The molecule has 1 heterocycles. The van der Waals surface area contributed by atoms with Crippen molar-refractivity contribution in [2.45, 2.75) is 18.8 Å². The Hall–Kier alpha value is -1.82. The number of carbonyl (C=O) groups is 1. The van der Waals surface area contributed by atoms with Crippen LogP contribution in [0.3, 0.4) is 0 Å². The molecule has 6 heteroatoms. The molecule has 114 valence electrons. The number of amides is 1. The Bertz CT molecular complexity index is 475. The minimum atomic E-state index is -0.780. The summed E-state index contributed by atoms with van der Waals surface area (Å²) in [5.74, 6) is -0.0840. The highest BCUT2D eigenvalue weighted by molar-refractivity contribution is 7.80. The molecule has 21 heavy (non-hydrogen) atoms. The molecule has 1 aliphatic heterocycles. The Labute approximate surface area is 130 Å². The SMILES string of the molecule is NC(=O)OCC(COC(=S)N1CCCC1)c1ccccc1. The van der Waals surface area contributed by atoms with E-state index < -0.39 is 6.09 Å². The Morgan fingerprint density at radius 2 is 1.81 bits per heavy atom. The second kappa shape index (κ2) is 7.83. The molecule has 1 aromatic rings. The number of hydrogen-bond donors (Lipinski definition) is 1. The molecule has 1 fully saturated rings. The van der Waals surface area contributed by atoms with E-state index in [0.29, 0.717) is 11.8 Å². The van der Waals surface area contributed by atoms with Gasteiger partial charge in [0, 0.05) is 13.1 Å². The highest BCUT2D eigenvalue weighted by Crippen LogP contribution is 2.18. The zero-order valence-electron chi connectivity index (χ0n) is 11.9. The number of rotatable bonds is 5. The quantitative estimate of drug-likeness (QED) is 0.845. The molecule has 0 aromatic heterocycles. The van der Waals surface area contributed by atoms with Crippen LogP contribution in [-0.4, -0.2) is 42.5 Å². The second-order valence-corrected chi connectivity index (χ2v) is 5.36. The van der Waals surface area contributed by atoms with Gasteiger partial charge in [0.1, 0.15) is 13.2 Å². The third-order valence-electron chi connectivity index (χ3n) is 3.47. The zero-order chi connectivity index (χ0) is 15.1. The average Bonchev–Trinajstić information content (AvgIpc) is 3.02. The first kappa shape index (κ1) is 15.6. The van der Waals surface area contributed by atoms with Crippen LogP contribution in [0.2, 0.25) is 0 Å². The summed E-state index contributed by atoms with van der Waals surface area (Å²) in [6, 6.07) is 9.75. The molecule has 1 atom stereocenters. The highest BCUT2D eigenvalue weighted by atomic mass is 32.1. The third-order valence-corrected chi connectivity index (χ3v) is 3.85. The van der Waals surface area contributed by atoms with E-state index in [1.165, 1.54) is 0 Å². The van der Waals surface area contributed by atoms with E-state index in [1.54, 1.807) is 0 Å². The van der Waals surface area contributed by atoms with Crippen LogP contribution in [0.1, 0.15) is 24.3 Å². The van der Waals surface area contributed by atoms with Crippen molar-refractivity contribution in [2.75, 3.05) is 26.3 Å². The van der Waals surface area contributed by atoms with Gasteiger partial charge in [-0.2, -0.15) is 0 Å². The molecular weight excluding hydrogens is 288 g/mol. The average molecular weight is 308 g/mol. The number of nitrogens with zero attached hydrogens (tertiary/aromatic N) is 1. The highest BCUT2D eigenvalue weighted by Gasteiger charge is 2.19. The van der Waals surface area contributed by atoms with Crippen molar-refractivity contribution < 1.29 is 14.3 Å². The number of benzene rings is 1. The van der Waals surface area contributed by atoms with Crippen molar-refractivity contribution in [3.8, 4) is 0 Å². The van der Waals surface area contributed by atoms with Crippen molar-refractivity contribution >= 4 is 23.5 Å². The summed E-state index contributed by atoms with van der Waals surface area (Å²) in [5, 5.41) is 0.521.